The maximum absolute atomic E-state index is 10.0. The number of methoxy groups -OCH3 is 2. The summed E-state index contributed by atoms with van der Waals surface area (Å²) < 4.78 is 42.9. The Morgan fingerprint density at radius 1 is 1.04 bits per heavy atom. The zero-order chi connectivity index (χ0) is 21.0. The molecule has 0 amide bonds. The number of ether oxygens (including phenoxy) is 2. The summed E-state index contributed by atoms with van der Waals surface area (Å²) in [5.74, 6) is 1.23. The van der Waals surface area contributed by atoms with Gasteiger partial charge in [0.15, 0.2) is 0 Å². The van der Waals surface area contributed by atoms with E-state index in [0.29, 0.717) is 11.5 Å². The van der Waals surface area contributed by atoms with Gasteiger partial charge >= 0.3 is 0 Å². The molecule has 2 rings (SSSR count). The Morgan fingerprint density at radius 3 is 1.92 bits per heavy atom. The second-order valence-corrected chi connectivity index (χ2v) is 5.65. The summed E-state index contributed by atoms with van der Waals surface area (Å²) in [6.45, 7) is 0.740. The highest BCUT2D eigenvalue weighted by molar-refractivity contribution is 5.32. The highest BCUT2D eigenvalue weighted by Crippen LogP contribution is 2.34. The van der Waals surface area contributed by atoms with E-state index in [9.17, 15) is 5.11 Å². The van der Waals surface area contributed by atoms with E-state index in [-0.39, 0.29) is 12.8 Å². The van der Waals surface area contributed by atoms with Crippen molar-refractivity contribution < 1.29 is 20.1 Å². The standard InChI is InChI=1S/C21H26O3/c1-4-21(11-12-22,15-17-7-5-9-19(13-17)23-2)16-18-8-6-10-20(14-18)24-3/h4-10,13-14,22H,1,11-12,15-16H2,2-3H3/i11D2,12D2. The fraction of sp³-hybridized carbons (Fsp3) is 0.333. The van der Waals surface area contributed by atoms with E-state index in [1.54, 1.807) is 50.6 Å². The van der Waals surface area contributed by atoms with Gasteiger partial charge in [0, 0.05) is 9.30 Å². The topological polar surface area (TPSA) is 38.7 Å². The normalized spacial score (nSPS) is 14.8. The van der Waals surface area contributed by atoms with Crippen LogP contribution in [0.3, 0.4) is 0 Å². The number of hydrogen-bond donors (Lipinski definition) is 1. The lowest BCUT2D eigenvalue weighted by Crippen LogP contribution is -2.25. The van der Waals surface area contributed by atoms with Crippen LogP contribution in [-0.4, -0.2) is 25.9 Å². The van der Waals surface area contributed by atoms with Crippen LogP contribution in [0.1, 0.15) is 23.0 Å². The minimum atomic E-state index is -3.07. The molecule has 128 valence electrons. The average molecular weight is 330 g/mol. The van der Waals surface area contributed by atoms with Crippen molar-refractivity contribution in [3.05, 3.63) is 72.3 Å². The van der Waals surface area contributed by atoms with Gasteiger partial charge in [0.1, 0.15) is 11.5 Å². The molecule has 0 heterocycles. The van der Waals surface area contributed by atoms with Gasteiger partial charge in [0.2, 0.25) is 0 Å². The molecular formula is C21H26O3. The van der Waals surface area contributed by atoms with Crippen molar-refractivity contribution in [1.82, 2.24) is 0 Å². The molecule has 0 aromatic heterocycles. The van der Waals surface area contributed by atoms with Crippen molar-refractivity contribution in [3.8, 4) is 11.5 Å². The van der Waals surface area contributed by atoms with Crippen molar-refractivity contribution in [2.24, 2.45) is 5.41 Å². The van der Waals surface area contributed by atoms with Crippen molar-refractivity contribution >= 4 is 0 Å². The highest BCUT2D eigenvalue weighted by atomic mass is 16.5. The summed E-state index contributed by atoms with van der Waals surface area (Å²) in [6.07, 6.45) is -0.968. The first-order valence-electron chi connectivity index (χ1n) is 9.70. The lowest BCUT2D eigenvalue weighted by Gasteiger charge is -2.31. The smallest absolute Gasteiger partial charge is 0.119 e. The summed E-state index contributed by atoms with van der Waals surface area (Å²) in [5, 5.41) is 10.0. The molecule has 0 aliphatic carbocycles. The number of aliphatic hydroxyl groups is 1. The Kier molecular flexibility index (Phi) is 4.66. The molecule has 0 aliphatic heterocycles. The van der Waals surface area contributed by atoms with Gasteiger partial charge < -0.3 is 14.6 Å². The molecule has 0 unspecified atom stereocenters. The fourth-order valence-corrected chi connectivity index (χ4v) is 2.75. The lowest BCUT2D eigenvalue weighted by molar-refractivity contribution is 0.217. The third-order valence-corrected chi connectivity index (χ3v) is 4.00. The molecule has 24 heavy (non-hydrogen) atoms. The zero-order valence-electron chi connectivity index (χ0n) is 18.1. The highest BCUT2D eigenvalue weighted by Gasteiger charge is 2.27. The van der Waals surface area contributed by atoms with Gasteiger partial charge in [-0.25, -0.2) is 0 Å². The lowest BCUT2D eigenvalue weighted by atomic mass is 9.74. The molecule has 1 N–H and O–H groups in total. The summed E-state index contributed by atoms with van der Waals surface area (Å²) in [7, 11) is 3.09. The van der Waals surface area contributed by atoms with E-state index in [0.717, 1.165) is 11.1 Å². The van der Waals surface area contributed by atoms with Gasteiger partial charge in [-0.2, -0.15) is 0 Å². The van der Waals surface area contributed by atoms with E-state index < -0.39 is 18.3 Å². The predicted molar refractivity (Wildman–Crippen MR) is 97.7 cm³/mol. The van der Waals surface area contributed by atoms with Crippen LogP contribution in [-0.2, 0) is 12.8 Å². The maximum atomic E-state index is 10.0. The SMILES string of the molecule is [2H]C([2H])(O)C([2H])([2H])C(C=C)(Cc1cccc(OC)c1)Cc1cccc(OC)c1. The molecule has 0 spiro atoms. The van der Waals surface area contributed by atoms with Crippen LogP contribution >= 0.6 is 0 Å². The predicted octanol–water partition coefficient (Wildman–Crippen LogP) is 4.04. The molecule has 0 atom stereocenters. The number of allylic oxidation sites excluding steroid dienone is 1. The van der Waals surface area contributed by atoms with Crippen LogP contribution in [0.25, 0.3) is 0 Å². The van der Waals surface area contributed by atoms with E-state index in [1.165, 1.54) is 6.08 Å². The van der Waals surface area contributed by atoms with Crippen LogP contribution in [0.15, 0.2) is 61.2 Å². The minimum absolute atomic E-state index is 0.123. The first-order valence-corrected chi connectivity index (χ1v) is 7.70. The third kappa shape index (κ3) is 4.62. The Labute approximate surface area is 150 Å². The van der Waals surface area contributed by atoms with Crippen molar-refractivity contribution in [3.63, 3.8) is 0 Å². The molecule has 3 nitrogen and oxygen atoms in total. The molecule has 2 aromatic rings. The van der Waals surface area contributed by atoms with E-state index in [2.05, 4.69) is 6.58 Å². The number of hydrogen-bond acceptors (Lipinski definition) is 3. The molecule has 0 aliphatic rings. The first-order chi connectivity index (χ1) is 13.1. The molecule has 3 heteroatoms. The van der Waals surface area contributed by atoms with E-state index in [4.69, 9.17) is 15.0 Å². The van der Waals surface area contributed by atoms with Gasteiger partial charge in [0.05, 0.1) is 17.0 Å². The van der Waals surface area contributed by atoms with E-state index >= 15 is 0 Å². The van der Waals surface area contributed by atoms with Gasteiger partial charge in [-0.15, -0.1) is 6.58 Å². The number of benzene rings is 2. The van der Waals surface area contributed by atoms with Gasteiger partial charge in [0.25, 0.3) is 0 Å². The van der Waals surface area contributed by atoms with Crippen LogP contribution < -0.4 is 9.47 Å². The third-order valence-electron chi connectivity index (χ3n) is 4.00. The van der Waals surface area contributed by atoms with Crippen molar-refractivity contribution in [2.45, 2.75) is 19.2 Å². The molecular weight excluding hydrogens is 300 g/mol. The fourth-order valence-electron chi connectivity index (χ4n) is 2.75. The molecule has 0 saturated carbocycles. The van der Waals surface area contributed by atoms with Crippen LogP contribution in [0, 0.1) is 5.41 Å². The summed E-state index contributed by atoms with van der Waals surface area (Å²) in [5.41, 5.74) is 0.0646. The second kappa shape index (κ2) is 8.55. The summed E-state index contributed by atoms with van der Waals surface area (Å²) >= 11 is 0. The van der Waals surface area contributed by atoms with Crippen LogP contribution in [0.2, 0.25) is 0 Å². The zero-order valence-corrected chi connectivity index (χ0v) is 14.1. The van der Waals surface area contributed by atoms with Crippen molar-refractivity contribution in [2.75, 3.05) is 20.8 Å². The Bertz CT molecular complexity index is 766. The summed E-state index contributed by atoms with van der Waals surface area (Å²) in [6, 6.07) is 14.3. The second-order valence-electron chi connectivity index (χ2n) is 5.65. The summed E-state index contributed by atoms with van der Waals surface area (Å²) in [4.78, 5) is 0. The molecule has 0 saturated heterocycles. The van der Waals surface area contributed by atoms with Gasteiger partial charge in [-0.1, -0.05) is 30.3 Å². The molecule has 2 aromatic carbocycles. The van der Waals surface area contributed by atoms with Crippen LogP contribution in [0.5, 0.6) is 11.5 Å². The van der Waals surface area contributed by atoms with Gasteiger partial charge in [-0.3, -0.25) is 0 Å². The maximum Gasteiger partial charge on any atom is 0.119 e. The van der Waals surface area contributed by atoms with Crippen LogP contribution in [0.4, 0.5) is 0 Å². The van der Waals surface area contributed by atoms with Gasteiger partial charge in [-0.05, 0) is 60.0 Å². The first kappa shape index (κ1) is 13.1. The Morgan fingerprint density at radius 2 is 1.54 bits per heavy atom. The average Bonchev–Trinajstić information content (AvgIpc) is 2.66. The van der Waals surface area contributed by atoms with Crippen molar-refractivity contribution in [1.29, 1.82) is 0 Å². The molecule has 0 fully saturated rings. The number of rotatable bonds is 9. The molecule has 0 bridgehead atoms. The Hall–Kier alpha value is -2.26. The largest absolute Gasteiger partial charge is 0.497 e. The Balaban J connectivity index is 2.56. The molecule has 0 radical (unpaired) electrons. The minimum Gasteiger partial charge on any atom is -0.497 e. The quantitative estimate of drug-likeness (QED) is 0.705. The monoisotopic (exact) mass is 330 g/mol. The van der Waals surface area contributed by atoms with E-state index in [1.807, 2.05) is 12.1 Å².